The molecule has 3 aromatic carbocycles. The number of aromatic nitrogens is 2. The molecule has 1 unspecified atom stereocenters. The molecule has 164 valence electrons. The lowest BCUT2D eigenvalue weighted by Crippen LogP contribution is -2.44. The molecule has 0 fully saturated rings. The van der Waals surface area contributed by atoms with Crippen LogP contribution in [0.5, 0.6) is 0 Å². The van der Waals surface area contributed by atoms with Gasteiger partial charge >= 0.3 is 0 Å². The van der Waals surface area contributed by atoms with Gasteiger partial charge in [0.25, 0.3) is 5.56 Å². The highest BCUT2D eigenvalue weighted by atomic mass is 16.2. The van der Waals surface area contributed by atoms with E-state index in [0.717, 1.165) is 18.4 Å². The van der Waals surface area contributed by atoms with E-state index in [1.807, 2.05) is 59.5 Å². The molecule has 4 aromatic rings. The molecule has 1 aromatic heterocycles. The molecule has 1 amide bonds. The van der Waals surface area contributed by atoms with Gasteiger partial charge < -0.3 is 4.90 Å². The topological polar surface area (TPSA) is 55.2 Å². The number of carbonyl (C=O) groups is 1. The molecular weight excluding hydrogens is 410 g/mol. The Morgan fingerprint density at radius 1 is 0.848 bits per heavy atom. The zero-order chi connectivity index (χ0) is 22.6. The zero-order valence-electron chi connectivity index (χ0n) is 18.3. The van der Waals surface area contributed by atoms with Gasteiger partial charge in [-0.2, -0.15) is 5.10 Å². The quantitative estimate of drug-likeness (QED) is 0.470. The summed E-state index contributed by atoms with van der Waals surface area (Å²) in [6.45, 7) is 0.549. The number of benzene rings is 3. The Hall–Kier alpha value is -3.99. The first-order valence-corrected chi connectivity index (χ1v) is 11.2. The van der Waals surface area contributed by atoms with Gasteiger partial charge in [0, 0.05) is 18.2 Å². The molecule has 5 nitrogen and oxygen atoms in total. The average molecular weight is 436 g/mol. The third-order valence-electron chi connectivity index (χ3n) is 6.23. The highest BCUT2D eigenvalue weighted by molar-refractivity contribution is 5.77. The van der Waals surface area contributed by atoms with Gasteiger partial charge in [0.05, 0.1) is 11.7 Å². The van der Waals surface area contributed by atoms with Gasteiger partial charge in [-0.05, 0) is 35.6 Å². The number of nitrogens with zero attached hydrogens (tertiary/aromatic N) is 3. The minimum Gasteiger partial charge on any atom is -0.333 e. The van der Waals surface area contributed by atoms with Gasteiger partial charge in [-0.15, -0.1) is 0 Å². The second kappa shape index (κ2) is 9.25. The van der Waals surface area contributed by atoms with E-state index in [-0.39, 0.29) is 24.1 Å². The fourth-order valence-electron chi connectivity index (χ4n) is 4.55. The van der Waals surface area contributed by atoms with Crippen molar-refractivity contribution >= 4 is 5.91 Å². The summed E-state index contributed by atoms with van der Waals surface area (Å²) in [4.78, 5) is 27.9. The lowest BCUT2D eigenvalue weighted by molar-refractivity contribution is -0.135. The van der Waals surface area contributed by atoms with E-state index >= 15 is 0 Å². The number of carbonyl (C=O) groups excluding carboxylic acids is 1. The maximum absolute atomic E-state index is 13.5. The molecule has 1 atom stereocenters. The Labute approximate surface area is 192 Å². The van der Waals surface area contributed by atoms with Crippen LogP contribution in [0.25, 0.3) is 11.3 Å². The average Bonchev–Trinajstić information content (AvgIpc) is 2.86. The number of amides is 1. The van der Waals surface area contributed by atoms with Crippen LogP contribution in [-0.4, -0.2) is 27.1 Å². The van der Waals surface area contributed by atoms with E-state index in [4.69, 9.17) is 0 Å². The van der Waals surface area contributed by atoms with Crippen LogP contribution < -0.4 is 5.56 Å². The van der Waals surface area contributed by atoms with Crippen LogP contribution in [0.3, 0.4) is 0 Å². The van der Waals surface area contributed by atoms with E-state index < -0.39 is 0 Å². The van der Waals surface area contributed by atoms with Crippen LogP contribution >= 0.6 is 0 Å². The zero-order valence-corrected chi connectivity index (χ0v) is 18.3. The van der Waals surface area contributed by atoms with E-state index in [1.165, 1.54) is 27.4 Å². The van der Waals surface area contributed by atoms with Crippen LogP contribution in [-0.2, 0) is 24.2 Å². The fourth-order valence-corrected chi connectivity index (χ4v) is 4.55. The molecule has 0 aliphatic carbocycles. The van der Waals surface area contributed by atoms with Crippen molar-refractivity contribution in [2.24, 2.45) is 0 Å². The summed E-state index contributed by atoms with van der Waals surface area (Å²) in [6, 6.07) is 31.3. The smallest absolute Gasteiger partial charge is 0.267 e. The van der Waals surface area contributed by atoms with E-state index in [2.05, 4.69) is 35.4 Å². The maximum atomic E-state index is 13.5. The predicted molar refractivity (Wildman–Crippen MR) is 129 cm³/mol. The summed E-state index contributed by atoms with van der Waals surface area (Å²) in [5, 5.41) is 4.49. The Bertz CT molecular complexity index is 1320. The maximum Gasteiger partial charge on any atom is 0.267 e. The lowest BCUT2D eigenvalue weighted by atomic mass is 9.88. The summed E-state index contributed by atoms with van der Waals surface area (Å²) in [7, 11) is 0. The van der Waals surface area contributed by atoms with Crippen molar-refractivity contribution in [2.75, 3.05) is 6.54 Å². The molecule has 0 radical (unpaired) electrons. The summed E-state index contributed by atoms with van der Waals surface area (Å²) in [5.74, 6) is -0.0924. The van der Waals surface area contributed by atoms with Gasteiger partial charge in [0.2, 0.25) is 5.91 Å². The molecular formula is C28H25N3O2. The molecule has 2 heterocycles. The molecule has 0 bridgehead atoms. The van der Waals surface area contributed by atoms with E-state index in [9.17, 15) is 9.59 Å². The number of fused-ring (bicyclic) bond motifs is 1. The van der Waals surface area contributed by atoms with Gasteiger partial charge in [-0.25, -0.2) is 4.68 Å². The summed E-state index contributed by atoms with van der Waals surface area (Å²) < 4.78 is 1.28. The second-order valence-corrected chi connectivity index (χ2v) is 8.32. The SMILES string of the molecule is O=C(Cn1nc(-c2ccccc2)ccc1=O)N1CCc2ccccc2C1Cc1ccccc1. The van der Waals surface area contributed by atoms with Crippen molar-refractivity contribution in [1.29, 1.82) is 0 Å². The third kappa shape index (κ3) is 4.48. The molecule has 5 rings (SSSR count). The molecule has 0 N–H and O–H groups in total. The molecule has 0 saturated carbocycles. The van der Waals surface area contributed by atoms with Crippen molar-refractivity contribution < 1.29 is 4.79 Å². The Kier molecular flexibility index (Phi) is 5.85. The molecule has 0 saturated heterocycles. The number of hydrogen-bond acceptors (Lipinski definition) is 3. The first-order chi connectivity index (χ1) is 16.2. The van der Waals surface area contributed by atoms with Crippen molar-refractivity contribution in [3.63, 3.8) is 0 Å². The molecule has 1 aliphatic rings. The van der Waals surface area contributed by atoms with Crippen LogP contribution in [0.1, 0.15) is 22.7 Å². The molecule has 1 aliphatic heterocycles. The second-order valence-electron chi connectivity index (χ2n) is 8.32. The van der Waals surface area contributed by atoms with Gasteiger partial charge in [-0.3, -0.25) is 9.59 Å². The van der Waals surface area contributed by atoms with Crippen LogP contribution in [0.2, 0.25) is 0 Å². The standard InChI is InChI=1S/C28H25N3O2/c32-27-16-15-25(23-12-5-2-6-13-23)29-31(27)20-28(33)30-18-17-22-11-7-8-14-24(22)26(30)19-21-9-3-1-4-10-21/h1-16,26H,17-20H2. The summed E-state index contributed by atoms with van der Waals surface area (Å²) in [6.07, 6.45) is 1.54. The van der Waals surface area contributed by atoms with Gasteiger partial charge in [0.15, 0.2) is 0 Å². The Morgan fingerprint density at radius 2 is 1.55 bits per heavy atom. The van der Waals surface area contributed by atoms with Crippen LogP contribution in [0, 0.1) is 0 Å². The van der Waals surface area contributed by atoms with Crippen LogP contribution in [0.15, 0.2) is 102 Å². The minimum atomic E-state index is -0.278. The summed E-state index contributed by atoms with van der Waals surface area (Å²) in [5.41, 5.74) is 4.95. The summed E-state index contributed by atoms with van der Waals surface area (Å²) >= 11 is 0. The first kappa shape index (κ1) is 20.9. The predicted octanol–water partition coefficient (Wildman–Crippen LogP) is 4.28. The molecule has 0 spiro atoms. The molecule has 5 heteroatoms. The number of rotatable bonds is 5. The van der Waals surface area contributed by atoms with Gasteiger partial charge in [-0.1, -0.05) is 84.9 Å². The highest BCUT2D eigenvalue weighted by Gasteiger charge is 2.31. The highest BCUT2D eigenvalue weighted by Crippen LogP contribution is 2.32. The largest absolute Gasteiger partial charge is 0.333 e. The Balaban J connectivity index is 1.44. The van der Waals surface area contributed by atoms with Gasteiger partial charge in [0.1, 0.15) is 6.54 Å². The van der Waals surface area contributed by atoms with Crippen molar-refractivity contribution in [2.45, 2.75) is 25.4 Å². The number of hydrogen-bond donors (Lipinski definition) is 0. The normalized spacial score (nSPS) is 15.2. The molecule has 33 heavy (non-hydrogen) atoms. The monoisotopic (exact) mass is 435 g/mol. The minimum absolute atomic E-state index is 0.0714. The lowest BCUT2D eigenvalue weighted by Gasteiger charge is -2.37. The third-order valence-corrected chi connectivity index (χ3v) is 6.23. The van der Waals surface area contributed by atoms with Crippen molar-refractivity contribution in [3.05, 3.63) is 124 Å². The van der Waals surface area contributed by atoms with E-state index in [1.54, 1.807) is 6.07 Å². The van der Waals surface area contributed by atoms with Crippen molar-refractivity contribution in [3.8, 4) is 11.3 Å². The van der Waals surface area contributed by atoms with E-state index in [0.29, 0.717) is 12.2 Å². The first-order valence-electron chi connectivity index (χ1n) is 11.2. The van der Waals surface area contributed by atoms with Crippen molar-refractivity contribution in [1.82, 2.24) is 14.7 Å². The Morgan fingerprint density at radius 3 is 2.33 bits per heavy atom. The van der Waals surface area contributed by atoms with Crippen LogP contribution in [0.4, 0.5) is 0 Å². The fraction of sp³-hybridized carbons (Fsp3) is 0.179.